The molecule has 3 heteroatoms. The third kappa shape index (κ3) is 5.07. The van der Waals surface area contributed by atoms with E-state index in [4.69, 9.17) is 0 Å². The predicted octanol–water partition coefficient (Wildman–Crippen LogP) is 8.91. The quantitative estimate of drug-likeness (QED) is 0.220. The zero-order valence-electron chi connectivity index (χ0n) is 21.8. The van der Waals surface area contributed by atoms with Crippen molar-refractivity contribution >= 4 is 26.8 Å². The van der Waals surface area contributed by atoms with Crippen LogP contribution in [-0.4, -0.2) is 11.0 Å². The van der Waals surface area contributed by atoms with E-state index in [0.29, 0.717) is 11.3 Å². The number of aryl methyl sites for hydroxylation is 2. The molecule has 0 bridgehead atoms. The second-order valence-corrected chi connectivity index (χ2v) is 15.2. The Morgan fingerprint density at radius 1 is 0.622 bits per heavy atom. The fraction of sp³-hybridized carbons (Fsp3) is 0.294. The molecule has 0 amide bonds. The highest BCUT2D eigenvalue weighted by atomic mass is 31.2. The smallest absolute Gasteiger partial charge is 0.0324 e. The predicted molar refractivity (Wildman–Crippen MR) is 163 cm³/mol. The van der Waals surface area contributed by atoms with Crippen molar-refractivity contribution in [1.82, 2.24) is 4.44 Å². The van der Waals surface area contributed by atoms with E-state index in [1.54, 1.807) is 32.9 Å². The number of unbranched alkanes of at least 4 members (excludes halogenated alkanes) is 1. The van der Waals surface area contributed by atoms with Crippen molar-refractivity contribution in [3.8, 4) is 0 Å². The van der Waals surface area contributed by atoms with Crippen molar-refractivity contribution in [1.29, 1.82) is 0 Å². The summed E-state index contributed by atoms with van der Waals surface area (Å²) in [7, 11) is -1.01. The lowest BCUT2D eigenvalue weighted by Crippen LogP contribution is -2.29. The van der Waals surface area contributed by atoms with Crippen molar-refractivity contribution in [3.63, 3.8) is 0 Å². The van der Waals surface area contributed by atoms with E-state index in [2.05, 4.69) is 121 Å². The first-order chi connectivity index (χ1) is 18.3. The molecule has 1 fully saturated rings. The molecule has 0 N–H and O–H groups in total. The average Bonchev–Trinajstić information content (AvgIpc) is 3.33. The summed E-state index contributed by atoms with van der Waals surface area (Å²) in [6.07, 6.45) is 7.35. The van der Waals surface area contributed by atoms with E-state index < -0.39 is 16.1 Å². The highest BCUT2D eigenvalue weighted by molar-refractivity contribution is 7.79. The average molecular weight is 522 g/mol. The topological polar surface area (TPSA) is 3.24 Å². The number of hydrogen-bond acceptors (Lipinski definition) is 1. The van der Waals surface area contributed by atoms with Crippen molar-refractivity contribution in [2.24, 2.45) is 0 Å². The van der Waals surface area contributed by atoms with Gasteiger partial charge in [0.15, 0.2) is 0 Å². The van der Waals surface area contributed by atoms with E-state index in [-0.39, 0.29) is 0 Å². The van der Waals surface area contributed by atoms with Gasteiger partial charge in [-0.2, -0.15) is 0 Å². The van der Waals surface area contributed by atoms with Gasteiger partial charge in [0, 0.05) is 25.9 Å². The van der Waals surface area contributed by atoms with Gasteiger partial charge in [-0.1, -0.05) is 123 Å². The monoisotopic (exact) mass is 521 g/mol. The molecule has 6 rings (SSSR count). The number of nitrogens with zero attached hydrogens (tertiary/aromatic N) is 1. The van der Waals surface area contributed by atoms with Crippen molar-refractivity contribution in [3.05, 3.63) is 131 Å². The van der Waals surface area contributed by atoms with Crippen LogP contribution < -0.4 is 10.6 Å². The first-order valence-corrected chi connectivity index (χ1v) is 16.7. The zero-order chi connectivity index (χ0) is 25.0. The summed E-state index contributed by atoms with van der Waals surface area (Å²) in [5, 5.41) is 3.21. The van der Waals surface area contributed by atoms with Gasteiger partial charge in [0.1, 0.15) is 0 Å². The Labute approximate surface area is 225 Å². The Morgan fingerprint density at radius 3 is 1.57 bits per heavy atom. The SMILES string of the molecule is CCCCN(P1c2ccccc2CCc2ccccc21)P1C(c2ccccc2)CC[C@H]1c1ccccc1. The van der Waals surface area contributed by atoms with Crippen LogP contribution in [0.5, 0.6) is 0 Å². The minimum atomic E-state index is -0.588. The summed E-state index contributed by atoms with van der Waals surface area (Å²) in [6, 6.07) is 41.7. The van der Waals surface area contributed by atoms with E-state index >= 15 is 0 Å². The summed E-state index contributed by atoms with van der Waals surface area (Å²) in [5.41, 5.74) is 7.44. The van der Waals surface area contributed by atoms with Gasteiger partial charge >= 0.3 is 0 Å². The fourth-order valence-electron chi connectivity index (χ4n) is 6.23. The standard InChI is InChI=1S/C34H37NP2/c1-2-3-26-35(36-31-20-12-10-18-29(31)22-23-30-19-11-13-21-32(30)36)37-33(27-14-6-4-7-15-27)24-25-34(37)28-16-8-5-9-17-28/h4-21,33-34H,2-3,22-26H2,1H3/t33-,34?,37?/m0/s1. The van der Waals surface area contributed by atoms with Crippen LogP contribution in [0, 0.1) is 0 Å². The van der Waals surface area contributed by atoms with Crippen LogP contribution in [0.2, 0.25) is 0 Å². The molecular weight excluding hydrogens is 484 g/mol. The molecule has 37 heavy (non-hydrogen) atoms. The van der Waals surface area contributed by atoms with E-state index in [0.717, 1.165) is 12.8 Å². The zero-order valence-corrected chi connectivity index (χ0v) is 23.6. The fourth-order valence-corrected chi connectivity index (χ4v) is 14.1. The number of hydrogen-bond donors (Lipinski definition) is 0. The third-order valence-corrected chi connectivity index (χ3v) is 14.8. The Balaban J connectivity index is 1.54. The molecule has 1 nitrogen and oxygen atoms in total. The molecule has 0 spiro atoms. The maximum atomic E-state index is 3.08. The molecule has 0 aliphatic carbocycles. The minimum Gasteiger partial charge on any atom is -0.251 e. The molecular formula is C34H37NP2. The van der Waals surface area contributed by atoms with Crippen molar-refractivity contribution in [2.75, 3.05) is 6.54 Å². The Morgan fingerprint density at radius 2 is 1.08 bits per heavy atom. The molecule has 1 saturated heterocycles. The van der Waals surface area contributed by atoms with Gasteiger partial charge in [-0.3, -0.25) is 4.44 Å². The number of benzene rings is 4. The summed E-state index contributed by atoms with van der Waals surface area (Å²) in [5.74, 6) is 0. The maximum absolute atomic E-state index is 3.08. The lowest BCUT2D eigenvalue weighted by molar-refractivity contribution is 0.632. The van der Waals surface area contributed by atoms with Crippen molar-refractivity contribution in [2.45, 2.75) is 56.8 Å². The molecule has 188 valence electrons. The minimum absolute atomic E-state index is 0.421. The van der Waals surface area contributed by atoms with Gasteiger partial charge in [-0.05, 0) is 73.0 Å². The molecule has 0 radical (unpaired) electrons. The van der Waals surface area contributed by atoms with Gasteiger partial charge in [0.25, 0.3) is 0 Å². The van der Waals surface area contributed by atoms with Crippen LogP contribution in [0.1, 0.15) is 66.2 Å². The van der Waals surface area contributed by atoms with Gasteiger partial charge in [0.2, 0.25) is 0 Å². The molecule has 2 aliphatic rings. The van der Waals surface area contributed by atoms with E-state index in [1.165, 1.54) is 32.2 Å². The second kappa shape index (κ2) is 11.6. The summed E-state index contributed by atoms with van der Waals surface area (Å²) in [6.45, 7) is 3.54. The molecule has 4 aromatic rings. The third-order valence-electron chi connectivity index (χ3n) is 8.03. The van der Waals surface area contributed by atoms with E-state index in [1.807, 2.05) is 0 Å². The van der Waals surface area contributed by atoms with Crippen LogP contribution in [-0.2, 0) is 12.8 Å². The van der Waals surface area contributed by atoms with Gasteiger partial charge in [-0.15, -0.1) is 0 Å². The summed E-state index contributed by atoms with van der Waals surface area (Å²) < 4.78 is 3.08. The highest BCUT2D eigenvalue weighted by Crippen LogP contribution is 2.76. The van der Waals surface area contributed by atoms with Crippen LogP contribution in [0.25, 0.3) is 0 Å². The first kappa shape index (κ1) is 25.0. The largest absolute Gasteiger partial charge is 0.251 e. The molecule has 0 saturated carbocycles. The summed E-state index contributed by atoms with van der Waals surface area (Å²) in [4.78, 5) is 0. The Bertz CT molecular complexity index is 1210. The molecule has 3 atom stereocenters. The maximum Gasteiger partial charge on any atom is 0.0324 e. The van der Waals surface area contributed by atoms with Gasteiger partial charge in [0.05, 0.1) is 0 Å². The van der Waals surface area contributed by atoms with Crippen LogP contribution in [0.3, 0.4) is 0 Å². The lowest BCUT2D eigenvalue weighted by atomic mass is 10.0. The first-order valence-electron chi connectivity index (χ1n) is 14.0. The number of rotatable bonds is 7. The highest BCUT2D eigenvalue weighted by Gasteiger charge is 2.44. The Kier molecular flexibility index (Phi) is 7.85. The molecule has 4 aromatic carbocycles. The normalized spacial score (nSPS) is 21.4. The second-order valence-electron chi connectivity index (χ2n) is 10.3. The van der Waals surface area contributed by atoms with Gasteiger partial charge in [-0.25, -0.2) is 0 Å². The molecule has 0 aromatic heterocycles. The van der Waals surface area contributed by atoms with Crippen LogP contribution in [0.4, 0.5) is 0 Å². The molecule has 2 aliphatic heterocycles. The Hall–Kier alpha value is -2.30. The van der Waals surface area contributed by atoms with E-state index in [9.17, 15) is 0 Å². The van der Waals surface area contributed by atoms with Crippen LogP contribution in [0.15, 0.2) is 109 Å². The van der Waals surface area contributed by atoms with Crippen LogP contribution >= 0.6 is 16.1 Å². The van der Waals surface area contributed by atoms with Gasteiger partial charge < -0.3 is 0 Å². The molecule has 2 unspecified atom stereocenters. The molecule has 2 heterocycles. The number of fused-ring (bicyclic) bond motifs is 2. The summed E-state index contributed by atoms with van der Waals surface area (Å²) >= 11 is 0. The van der Waals surface area contributed by atoms with Crippen molar-refractivity contribution < 1.29 is 0 Å². The lowest BCUT2D eigenvalue weighted by Gasteiger charge is -2.43.